The van der Waals surface area contributed by atoms with Gasteiger partial charge in [-0.05, 0) is 36.4 Å². The number of halogens is 3. The second kappa shape index (κ2) is 7.50. The highest BCUT2D eigenvalue weighted by Gasteiger charge is 2.42. The number of para-hydroxylation sites is 1. The number of carbonyl (C=O) groups excluding carboxylic acids is 1. The average molecular weight is 388 g/mol. The van der Waals surface area contributed by atoms with Gasteiger partial charge in [0.15, 0.2) is 0 Å². The molecule has 3 rings (SSSR count). The van der Waals surface area contributed by atoms with Crippen molar-refractivity contribution in [1.29, 1.82) is 0 Å². The van der Waals surface area contributed by atoms with Crippen LogP contribution in [0.25, 0.3) is 10.9 Å². The molecule has 0 atom stereocenters. The van der Waals surface area contributed by atoms with Crippen LogP contribution in [0.2, 0.25) is 0 Å². The summed E-state index contributed by atoms with van der Waals surface area (Å²) in [5.41, 5.74) is 2.58. The summed E-state index contributed by atoms with van der Waals surface area (Å²) in [6, 6.07) is 13.8. The van der Waals surface area contributed by atoms with E-state index in [4.69, 9.17) is 0 Å². The Hall–Kier alpha value is -3.09. The first-order valence-electron chi connectivity index (χ1n) is 8.68. The van der Waals surface area contributed by atoms with Crippen LogP contribution >= 0.6 is 0 Å². The van der Waals surface area contributed by atoms with Crippen molar-refractivity contribution < 1.29 is 18.0 Å². The molecule has 0 bridgehead atoms. The molecular formula is C21H19F3N2O2. The molecule has 1 amide bonds. The lowest BCUT2D eigenvalue weighted by Gasteiger charge is -2.24. The number of fused-ring (bicyclic) bond motifs is 1. The van der Waals surface area contributed by atoms with Crippen molar-refractivity contribution in [1.82, 2.24) is 9.88 Å². The fourth-order valence-corrected chi connectivity index (χ4v) is 3.04. The van der Waals surface area contributed by atoms with Crippen LogP contribution in [0.1, 0.15) is 22.3 Å². The smallest absolute Gasteiger partial charge is 0.326 e. The third-order valence-corrected chi connectivity index (χ3v) is 4.55. The number of aromatic amines is 1. The van der Waals surface area contributed by atoms with Gasteiger partial charge in [0.25, 0.3) is 5.56 Å². The molecule has 146 valence electrons. The summed E-state index contributed by atoms with van der Waals surface area (Å²) in [7, 11) is 0. The van der Waals surface area contributed by atoms with E-state index in [-0.39, 0.29) is 12.1 Å². The van der Waals surface area contributed by atoms with Crippen LogP contribution in [0.4, 0.5) is 13.2 Å². The third-order valence-electron chi connectivity index (χ3n) is 4.55. The van der Waals surface area contributed by atoms with Crippen molar-refractivity contribution in [3.8, 4) is 0 Å². The zero-order chi connectivity index (χ0) is 20.5. The van der Waals surface area contributed by atoms with Crippen molar-refractivity contribution in [3.63, 3.8) is 0 Å². The van der Waals surface area contributed by atoms with E-state index >= 15 is 0 Å². The molecule has 0 fully saturated rings. The number of pyridine rings is 1. The lowest BCUT2D eigenvalue weighted by atomic mass is 10.1. The van der Waals surface area contributed by atoms with Crippen molar-refractivity contribution in [3.05, 3.63) is 81.1 Å². The van der Waals surface area contributed by atoms with E-state index < -0.39 is 24.2 Å². The number of H-pyrrole nitrogens is 1. The topological polar surface area (TPSA) is 53.2 Å². The van der Waals surface area contributed by atoms with E-state index in [2.05, 4.69) is 4.98 Å². The van der Waals surface area contributed by atoms with Gasteiger partial charge in [-0.3, -0.25) is 9.59 Å². The molecule has 4 nitrogen and oxygen atoms in total. The Morgan fingerprint density at radius 3 is 2.36 bits per heavy atom. The molecule has 0 aliphatic rings. The molecule has 0 saturated carbocycles. The van der Waals surface area contributed by atoms with Gasteiger partial charge >= 0.3 is 12.1 Å². The van der Waals surface area contributed by atoms with Gasteiger partial charge in [0.2, 0.25) is 0 Å². The minimum absolute atomic E-state index is 0.0998. The van der Waals surface area contributed by atoms with Crippen molar-refractivity contribution >= 4 is 16.8 Å². The molecule has 0 spiro atoms. The average Bonchev–Trinajstić information content (AvgIpc) is 2.63. The predicted molar refractivity (Wildman–Crippen MR) is 101 cm³/mol. The summed E-state index contributed by atoms with van der Waals surface area (Å²) >= 11 is 0. The molecule has 2 aromatic carbocycles. The summed E-state index contributed by atoms with van der Waals surface area (Å²) < 4.78 is 39.3. The highest BCUT2D eigenvalue weighted by atomic mass is 19.4. The van der Waals surface area contributed by atoms with Gasteiger partial charge in [-0.15, -0.1) is 0 Å². The second-order valence-corrected chi connectivity index (χ2v) is 6.81. The molecule has 0 radical (unpaired) electrons. The summed E-state index contributed by atoms with van der Waals surface area (Å²) in [4.78, 5) is 27.7. The van der Waals surface area contributed by atoms with Gasteiger partial charge in [-0.1, -0.05) is 48.0 Å². The quantitative estimate of drug-likeness (QED) is 0.727. The minimum Gasteiger partial charge on any atom is -0.326 e. The highest BCUT2D eigenvalue weighted by Crippen LogP contribution is 2.22. The maximum atomic E-state index is 13.1. The van der Waals surface area contributed by atoms with Gasteiger partial charge in [-0.2, -0.15) is 13.2 Å². The van der Waals surface area contributed by atoms with Crippen LogP contribution < -0.4 is 5.56 Å². The number of hydrogen-bond acceptors (Lipinski definition) is 2. The molecule has 1 heterocycles. The first-order valence-corrected chi connectivity index (χ1v) is 8.68. The minimum atomic E-state index is -5.02. The number of amides is 1. The molecule has 1 aromatic heterocycles. The Morgan fingerprint density at radius 2 is 1.71 bits per heavy atom. The van der Waals surface area contributed by atoms with Gasteiger partial charge in [0.1, 0.15) is 0 Å². The van der Waals surface area contributed by atoms with E-state index in [0.717, 1.165) is 11.1 Å². The maximum Gasteiger partial charge on any atom is 0.471 e. The number of hydrogen-bond donors (Lipinski definition) is 1. The zero-order valence-electron chi connectivity index (χ0n) is 15.4. The number of nitrogens with one attached hydrogen (secondary N) is 1. The van der Waals surface area contributed by atoms with Gasteiger partial charge in [0.05, 0.1) is 12.1 Å². The van der Waals surface area contributed by atoms with Gasteiger partial charge in [0, 0.05) is 12.1 Å². The molecule has 3 aromatic rings. The highest BCUT2D eigenvalue weighted by molar-refractivity contribution is 5.83. The lowest BCUT2D eigenvalue weighted by molar-refractivity contribution is -0.186. The van der Waals surface area contributed by atoms with Gasteiger partial charge < -0.3 is 9.88 Å². The number of aromatic nitrogens is 1. The van der Waals surface area contributed by atoms with Crippen LogP contribution in [-0.2, 0) is 17.9 Å². The third kappa shape index (κ3) is 4.24. The first-order chi connectivity index (χ1) is 13.1. The zero-order valence-corrected chi connectivity index (χ0v) is 15.4. The SMILES string of the molecule is Cc1ccc(CN(Cc2cc3cccc(C)c3[nH]c2=O)C(=O)C(F)(F)F)cc1. The fourth-order valence-electron chi connectivity index (χ4n) is 3.04. The van der Waals surface area contributed by atoms with E-state index in [1.165, 1.54) is 6.07 Å². The number of aryl methyl sites for hydroxylation is 2. The van der Waals surface area contributed by atoms with Crippen LogP contribution in [0.15, 0.2) is 53.3 Å². The van der Waals surface area contributed by atoms with Crippen molar-refractivity contribution in [2.75, 3.05) is 0 Å². The first kappa shape index (κ1) is 19.7. The molecule has 0 aliphatic heterocycles. The fraction of sp³-hybridized carbons (Fsp3) is 0.238. The van der Waals surface area contributed by atoms with Crippen molar-refractivity contribution in [2.45, 2.75) is 33.1 Å². The van der Waals surface area contributed by atoms with E-state index in [9.17, 15) is 22.8 Å². The Balaban J connectivity index is 1.98. The van der Waals surface area contributed by atoms with Crippen LogP contribution in [0.5, 0.6) is 0 Å². The van der Waals surface area contributed by atoms with Crippen molar-refractivity contribution in [2.24, 2.45) is 0 Å². The number of benzene rings is 2. The van der Waals surface area contributed by atoms with Crippen LogP contribution in [0.3, 0.4) is 0 Å². The number of rotatable bonds is 4. The van der Waals surface area contributed by atoms with Crippen LogP contribution in [0, 0.1) is 13.8 Å². The molecule has 0 aliphatic carbocycles. The molecule has 28 heavy (non-hydrogen) atoms. The van der Waals surface area contributed by atoms with Crippen LogP contribution in [-0.4, -0.2) is 22.0 Å². The molecule has 0 saturated heterocycles. The summed E-state index contributed by atoms with van der Waals surface area (Å²) in [6.45, 7) is 3.00. The Kier molecular flexibility index (Phi) is 5.27. The van der Waals surface area contributed by atoms with E-state index in [1.54, 1.807) is 36.4 Å². The van der Waals surface area contributed by atoms with E-state index in [0.29, 0.717) is 21.4 Å². The Labute approximate surface area is 159 Å². The standard InChI is InChI=1S/C21H19F3N2O2/c1-13-6-8-15(9-7-13)11-26(20(28)21(22,23)24)12-17-10-16-5-3-4-14(2)18(16)25-19(17)27/h3-10H,11-12H2,1-2H3,(H,25,27). The number of nitrogens with zero attached hydrogens (tertiary/aromatic N) is 1. The monoisotopic (exact) mass is 388 g/mol. The Morgan fingerprint density at radius 1 is 1.04 bits per heavy atom. The summed E-state index contributed by atoms with van der Waals surface area (Å²) in [5.74, 6) is -1.98. The normalized spacial score (nSPS) is 11.6. The molecule has 0 unspecified atom stereocenters. The second-order valence-electron chi connectivity index (χ2n) is 6.81. The van der Waals surface area contributed by atoms with Gasteiger partial charge in [-0.25, -0.2) is 0 Å². The predicted octanol–water partition coefficient (Wildman–Crippen LogP) is 4.24. The van der Waals surface area contributed by atoms with E-state index in [1.807, 2.05) is 19.9 Å². The summed E-state index contributed by atoms with van der Waals surface area (Å²) in [6.07, 6.45) is -5.02. The molecule has 1 N–H and O–H groups in total. The number of carbonyl (C=O) groups is 1. The summed E-state index contributed by atoms with van der Waals surface area (Å²) in [5, 5.41) is 0.698. The lowest BCUT2D eigenvalue weighted by Crippen LogP contribution is -2.41. The Bertz CT molecular complexity index is 1070. The molecule has 7 heteroatoms. The largest absolute Gasteiger partial charge is 0.471 e. The number of alkyl halides is 3. The maximum absolute atomic E-state index is 13.1. The molecular weight excluding hydrogens is 369 g/mol.